The highest BCUT2D eigenvalue weighted by atomic mass is 16.5. The summed E-state index contributed by atoms with van der Waals surface area (Å²) in [5.74, 6) is 1.15. The van der Waals surface area contributed by atoms with Crippen molar-refractivity contribution in [1.82, 2.24) is 0 Å². The largest absolute Gasteiger partial charge is 0.493 e. The third-order valence-electron chi connectivity index (χ3n) is 3.45. The van der Waals surface area contributed by atoms with Crippen LogP contribution in [-0.4, -0.2) is 17.8 Å². The van der Waals surface area contributed by atoms with E-state index in [9.17, 15) is 5.11 Å². The molecule has 1 aliphatic heterocycles. The second-order valence-electron chi connectivity index (χ2n) is 4.76. The lowest BCUT2D eigenvalue weighted by Crippen LogP contribution is -2.31. The molecule has 0 aliphatic carbocycles. The van der Waals surface area contributed by atoms with Gasteiger partial charge in [0.05, 0.1) is 12.7 Å². The predicted octanol–water partition coefficient (Wildman–Crippen LogP) is 2.95. The summed E-state index contributed by atoms with van der Waals surface area (Å²) in [5, 5.41) is 10.2. The molecule has 0 spiro atoms. The first-order chi connectivity index (χ1) is 8.20. The van der Waals surface area contributed by atoms with Crippen LogP contribution in [0.1, 0.15) is 25.3 Å². The zero-order valence-corrected chi connectivity index (χ0v) is 10.4. The van der Waals surface area contributed by atoms with E-state index in [1.807, 2.05) is 18.2 Å². The Kier molecular flexibility index (Phi) is 3.85. The Morgan fingerprint density at radius 3 is 3.06 bits per heavy atom. The van der Waals surface area contributed by atoms with E-state index in [0.717, 1.165) is 24.2 Å². The van der Waals surface area contributed by atoms with Crippen molar-refractivity contribution in [1.29, 1.82) is 0 Å². The van der Waals surface area contributed by atoms with Crippen LogP contribution >= 0.6 is 0 Å². The molecular weight excluding hydrogens is 212 g/mol. The topological polar surface area (TPSA) is 29.5 Å². The molecule has 1 aliphatic rings. The third-order valence-corrected chi connectivity index (χ3v) is 3.45. The summed E-state index contributed by atoms with van der Waals surface area (Å²) in [5.41, 5.74) is 2.31. The van der Waals surface area contributed by atoms with Gasteiger partial charge in [-0.15, -0.1) is 0 Å². The maximum absolute atomic E-state index is 10.2. The fourth-order valence-electron chi connectivity index (χ4n) is 2.21. The molecule has 2 heteroatoms. The number of aliphatic hydroxyl groups is 1. The summed E-state index contributed by atoms with van der Waals surface area (Å²) in [6, 6.07) is 8.06. The van der Waals surface area contributed by atoms with E-state index >= 15 is 0 Å². The van der Waals surface area contributed by atoms with Crippen molar-refractivity contribution in [3.05, 3.63) is 42.0 Å². The van der Waals surface area contributed by atoms with Crippen LogP contribution in [-0.2, 0) is 6.42 Å². The van der Waals surface area contributed by atoms with Crippen LogP contribution in [0.25, 0.3) is 0 Å². The molecule has 0 amide bonds. The molecule has 2 atom stereocenters. The summed E-state index contributed by atoms with van der Waals surface area (Å²) >= 11 is 0. The summed E-state index contributed by atoms with van der Waals surface area (Å²) in [4.78, 5) is 0. The highest BCUT2D eigenvalue weighted by molar-refractivity contribution is 5.35. The van der Waals surface area contributed by atoms with Gasteiger partial charge in [0.2, 0.25) is 0 Å². The Bertz CT molecular complexity index is 398. The normalized spacial score (nSPS) is 20.2. The van der Waals surface area contributed by atoms with Gasteiger partial charge in [0.1, 0.15) is 5.75 Å². The van der Waals surface area contributed by atoms with Crippen molar-refractivity contribution >= 4 is 0 Å². The average molecular weight is 232 g/mol. The lowest BCUT2D eigenvalue weighted by atomic mass is 9.89. The highest BCUT2D eigenvalue weighted by Gasteiger charge is 2.25. The Balaban J connectivity index is 2.00. The second-order valence-corrected chi connectivity index (χ2v) is 4.76. The average Bonchev–Trinajstić information content (AvgIpc) is 2.38. The van der Waals surface area contributed by atoms with Crippen molar-refractivity contribution in [3.63, 3.8) is 0 Å². The first-order valence-electron chi connectivity index (χ1n) is 6.26. The lowest BCUT2D eigenvalue weighted by Gasteiger charge is -2.29. The maximum atomic E-state index is 10.2. The van der Waals surface area contributed by atoms with E-state index in [2.05, 4.69) is 19.6 Å². The van der Waals surface area contributed by atoms with Crippen molar-refractivity contribution in [2.45, 2.75) is 32.3 Å². The molecule has 0 saturated heterocycles. The van der Waals surface area contributed by atoms with Gasteiger partial charge in [-0.1, -0.05) is 37.3 Å². The van der Waals surface area contributed by atoms with Crippen LogP contribution in [0.4, 0.5) is 0 Å². The molecule has 0 bridgehead atoms. The van der Waals surface area contributed by atoms with Gasteiger partial charge in [0, 0.05) is 5.92 Å². The molecule has 17 heavy (non-hydrogen) atoms. The van der Waals surface area contributed by atoms with Gasteiger partial charge < -0.3 is 9.84 Å². The fraction of sp³-hybridized carbons (Fsp3) is 0.467. The Labute approximate surface area is 103 Å². The molecule has 1 aromatic rings. The van der Waals surface area contributed by atoms with Gasteiger partial charge in [-0.2, -0.15) is 0 Å². The summed E-state index contributed by atoms with van der Waals surface area (Å²) in [7, 11) is 0. The molecule has 1 heterocycles. The summed E-state index contributed by atoms with van der Waals surface area (Å²) in [6.45, 7) is 6.63. The molecule has 0 saturated carbocycles. The van der Waals surface area contributed by atoms with E-state index in [0.29, 0.717) is 13.0 Å². The van der Waals surface area contributed by atoms with Crippen LogP contribution in [0.15, 0.2) is 36.4 Å². The zero-order valence-electron chi connectivity index (χ0n) is 10.4. The van der Waals surface area contributed by atoms with Gasteiger partial charge in [0.15, 0.2) is 0 Å². The SMILES string of the molecule is C=C(CC)CC(O)C1COc2ccccc2C1. The Hall–Kier alpha value is -1.28. The maximum Gasteiger partial charge on any atom is 0.122 e. The van der Waals surface area contributed by atoms with Crippen molar-refractivity contribution in [3.8, 4) is 5.75 Å². The first-order valence-corrected chi connectivity index (χ1v) is 6.26. The fourth-order valence-corrected chi connectivity index (χ4v) is 2.21. The smallest absolute Gasteiger partial charge is 0.122 e. The number of para-hydroxylation sites is 1. The van der Waals surface area contributed by atoms with E-state index < -0.39 is 0 Å². The van der Waals surface area contributed by atoms with Gasteiger partial charge in [-0.3, -0.25) is 0 Å². The molecule has 2 unspecified atom stereocenters. The van der Waals surface area contributed by atoms with Crippen LogP contribution in [0, 0.1) is 5.92 Å². The minimum Gasteiger partial charge on any atom is -0.493 e. The minimum absolute atomic E-state index is 0.188. The molecule has 0 aromatic heterocycles. The number of hydrogen-bond donors (Lipinski definition) is 1. The van der Waals surface area contributed by atoms with E-state index in [4.69, 9.17) is 4.74 Å². The van der Waals surface area contributed by atoms with Gasteiger partial charge >= 0.3 is 0 Å². The molecule has 2 nitrogen and oxygen atoms in total. The van der Waals surface area contributed by atoms with E-state index in [-0.39, 0.29) is 12.0 Å². The predicted molar refractivity (Wildman–Crippen MR) is 69.2 cm³/mol. The molecule has 0 fully saturated rings. The second kappa shape index (κ2) is 5.37. The number of rotatable bonds is 4. The minimum atomic E-state index is -0.337. The number of ether oxygens (including phenoxy) is 1. The van der Waals surface area contributed by atoms with Gasteiger partial charge in [0.25, 0.3) is 0 Å². The van der Waals surface area contributed by atoms with Crippen molar-refractivity contribution in [2.24, 2.45) is 5.92 Å². The summed E-state index contributed by atoms with van der Waals surface area (Å²) in [6.07, 6.45) is 2.18. The van der Waals surface area contributed by atoms with Gasteiger partial charge in [-0.05, 0) is 30.9 Å². The number of fused-ring (bicyclic) bond motifs is 1. The number of hydrogen-bond acceptors (Lipinski definition) is 2. The lowest BCUT2D eigenvalue weighted by molar-refractivity contribution is 0.0649. The molecule has 1 N–H and O–H groups in total. The molecule has 92 valence electrons. The third kappa shape index (κ3) is 2.89. The highest BCUT2D eigenvalue weighted by Crippen LogP contribution is 2.29. The monoisotopic (exact) mass is 232 g/mol. The van der Waals surface area contributed by atoms with Crippen LogP contribution in [0.3, 0.4) is 0 Å². The van der Waals surface area contributed by atoms with Crippen molar-refractivity contribution < 1.29 is 9.84 Å². The standard InChI is InChI=1S/C15H20O2/c1-3-11(2)8-14(16)13-9-12-6-4-5-7-15(12)17-10-13/h4-7,13-14,16H,2-3,8-10H2,1H3. The number of benzene rings is 1. The van der Waals surface area contributed by atoms with E-state index in [1.165, 1.54) is 5.56 Å². The van der Waals surface area contributed by atoms with Crippen molar-refractivity contribution in [2.75, 3.05) is 6.61 Å². The molecule has 0 radical (unpaired) electrons. The van der Waals surface area contributed by atoms with E-state index in [1.54, 1.807) is 0 Å². The quantitative estimate of drug-likeness (QED) is 0.809. The molecule has 2 rings (SSSR count). The van der Waals surface area contributed by atoms with Crippen LogP contribution in [0.5, 0.6) is 5.75 Å². The van der Waals surface area contributed by atoms with Crippen LogP contribution in [0.2, 0.25) is 0 Å². The summed E-state index contributed by atoms with van der Waals surface area (Å²) < 4.78 is 5.68. The molecule has 1 aromatic carbocycles. The molecular formula is C15H20O2. The first kappa shape index (κ1) is 12.2. The Morgan fingerprint density at radius 2 is 2.29 bits per heavy atom. The van der Waals surface area contributed by atoms with Gasteiger partial charge in [-0.25, -0.2) is 0 Å². The Morgan fingerprint density at radius 1 is 1.53 bits per heavy atom. The van der Waals surface area contributed by atoms with Crippen LogP contribution < -0.4 is 4.74 Å². The number of aliphatic hydroxyl groups excluding tert-OH is 1. The zero-order chi connectivity index (χ0) is 12.3.